The molecule has 182 valence electrons. The molecule has 1 saturated carbocycles. The van der Waals surface area contributed by atoms with Crippen LogP contribution in [-0.4, -0.2) is 35.3 Å². The lowest BCUT2D eigenvalue weighted by Crippen LogP contribution is -2.40. The molecule has 6 nitrogen and oxygen atoms in total. The number of carbonyl (C=O) groups is 1. The quantitative estimate of drug-likeness (QED) is 0.289. The van der Waals surface area contributed by atoms with Gasteiger partial charge in [0.05, 0.1) is 11.0 Å². The zero-order valence-electron chi connectivity index (χ0n) is 20.3. The number of carbonyl (C=O) groups excluding carboxylic acids is 1. The topological polar surface area (TPSA) is 79.0 Å². The second-order valence-corrected chi connectivity index (χ2v) is 9.55. The summed E-state index contributed by atoms with van der Waals surface area (Å²) in [5, 5.41) is 6.66. The van der Waals surface area contributed by atoms with E-state index in [0.717, 1.165) is 29.0 Å². The van der Waals surface area contributed by atoms with Gasteiger partial charge in [0.15, 0.2) is 0 Å². The second kappa shape index (κ2) is 11.0. The number of methoxy groups -OCH3 is 1. The summed E-state index contributed by atoms with van der Waals surface area (Å²) in [4.78, 5) is 20.9. The number of benzene rings is 2. The number of imidazole rings is 1. The number of H-pyrrole nitrogens is 1. The van der Waals surface area contributed by atoms with Crippen molar-refractivity contribution in [3.8, 4) is 0 Å². The lowest BCUT2D eigenvalue weighted by molar-refractivity contribution is 0.0912. The summed E-state index contributed by atoms with van der Waals surface area (Å²) < 4.78 is 5.81. The molecule has 2 aromatic carbocycles. The standard InChI is InChI=1S/C29H34N4O2/c1-35-29(31-24-11-5-2-3-6-12-24)21-15-13-20(14-16-21)27-32-25-18-17-22(19-26(25)33-27)28(34)30-23-9-7-4-8-10-23/h4,7-10,13,15-20,24,29,31H,2-3,5-6,11-12,14H2,1H3,(H,30,34)(H,32,33). The minimum Gasteiger partial charge on any atom is -0.362 e. The highest BCUT2D eigenvalue weighted by molar-refractivity contribution is 6.05. The Morgan fingerprint density at radius 3 is 2.60 bits per heavy atom. The van der Waals surface area contributed by atoms with Crippen molar-refractivity contribution in [2.45, 2.75) is 63.1 Å². The van der Waals surface area contributed by atoms with Crippen LogP contribution < -0.4 is 10.6 Å². The fourth-order valence-corrected chi connectivity index (χ4v) is 5.07. The van der Waals surface area contributed by atoms with Crippen LogP contribution >= 0.6 is 0 Å². The largest absolute Gasteiger partial charge is 0.362 e. The number of nitrogens with one attached hydrogen (secondary N) is 3. The molecule has 6 heteroatoms. The lowest BCUT2D eigenvalue weighted by atomic mass is 9.95. The maximum absolute atomic E-state index is 12.7. The van der Waals surface area contributed by atoms with Crippen LogP contribution in [-0.2, 0) is 4.74 Å². The van der Waals surface area contributed by atoms with Crippen molar-refractivity contribution in [1.29, 1.82) is 0 Å². The number of fused-ring (bicyclic) bond motifs is 1. The number of ether oxygens (including phenoxy) is 1. The van der Waals surface area contributed by atoms with Gasteiger partial charge >= 0.3 is 0 Å². The highest BCUT2D eigenvalue weighted by Crippen LogP contribution is 2.29. The molecule has 0 radical (unpaired) electrons. The van der Waals surface area contributed by atoms with E-state index in [2.05, 4.69) is 33.8 Å². The number of aromatic nitrogens is 2. The molecular formula is C29H34N4O2. The molecule has 0 aliphatic heterocycles. The van der Waals surface area contributed by atoms with Crippen LogP contribution in [0.15, 0.2) is 72.3 Å². The monoisotopic (exact) mass is 470 g/mol. The van der Waals surface area contributed by atoms with Crippen molar-refractivity contribution in [3.05, 3.63) is 83.7 Å². The summed E-state index contributed by atoms with van der Waals surface area (Å²) in [7, 11) is 1.78. The maximum Gasteiger partial charge on any atom is 0.255 e. The van der Waals surface area contributed by atoms with Gasteiger partial charge in [-0.05, 0) is 55.2 Å². The number of amides is 1. The molecule has 2 atom stereocenters. The number of para-hydroxylation sites is 1. The fraction of sp³-hybridized carbons (Fsp3) is 0.379. The van der Waals surface area contributed by atoms with Gasteiger partial charge in [-0.2, -0.15) is 0 Å². The lowest BCUT2D eigenvalue weighted by Gasteiger charge is -2.26. The maximum atomic E-state index is 12.7. The van der Waals surface area contributed by atoms with Crippen LogP contribution in [0.2, 0.25) is 0 Å². The zero-order chi connectivity index (χ0) is 24.0. The van der Waals surface area contributed by atoms with Crippen molar-refractivity contribution >= 4 is 22.6 Å². The van der Waals surface area contributed by atoms with Crippen molar-refractivity contribution in [3.63, 3.8) is 0 Å². The van der Waals surface area contributed by atoms with Crippen LogP contribution in [0.25, 0.3) is 11.0 Å². The Morgan fingerprint density at radius 2 is 1.89 bits per heavy atom. The molecule has 2 unspecified atom stereocenters. The molecule has 2 aliphatic carbocycles. The predicted octanol–water partition coefficient (Wildman–Crippen LogP) is 6.07. The van der Waals surface area contributed by atoms with E-state index >= 15 is 0 Å². The Morgan fingerprint density at radius 1 is 1.09 bits per heavy atom. The van der Waals surface area contributed by atoms with Crippen molar-refractivity contribution in [2.24, 2.45) is 0 Å². The van der Waals surface area contributed by atoms with Crippen LogP contribution in [0.3, 0.4) is 0 Å². The first-order valence-corrected chi connectivity index (χ1v) is 12.7. The van der Waals surface area contributed by atoms with Gasteiger partial charge in [-0.25, -0.2) is 4.98 Å². The van der Waals surface area contributed by atoms with Crippen molar-refractivity contribution in [1.82, 2.24) is 15.3 Å². The Balaban J connectivity index is 1.24. The summed E-state index contributed by atoms with van der Waals surface area (Å²) in [5.41, 5.74) is 4.30. The molecule has 35 heavy (non-hydrogen) atoms. The third-order valence-electron chi connectivity index (χ3n) is 7.05. The first-order chi connectivity index (χ1) is 17.2. The van der Waals surface area contributed by atoms with Gasteiger partial charge in [0, 0.05) is 30.3 Å². The number of nitrogens with zero attached hydrogens (tertiary/aromatic N) is 1. The summed E-state index contributed by atoms with van der Waals surface area (Å²) in [5.74, 6) is 0.951. The van der Waals surface area contributed by atoms with Gasteiger partial charge in [-0.3, -0.25) is 10.1 Å². The van der Waals surface area contributed by atoms with E-state index in [0.29, 0.717) is 11.6 Å². The molecule has 0 spiro atoms. The van der Waals surface area contributed by atoms with Gasteiger partial charge in [-0.1, -0.05) is 62.1 Å². The number of allylic oxidation sites excluding steroid dienone is 2. The highest BCUT2D eigenvalue weighted by Gasteiger charge is 2.22. The Hall–Kier alpha value is -3.22. The van der Waals surface area contributed by atoms with Gasteiger partial charge in [-0.15, -0.1) is 0 Å². The summed E-state index contributed by atoms with van der Waals surface area (Å²) in [6.07, 6.45) is 15.2. The van der Waals surface area contributed by atoms with Gasteiger partial charge < -0.3 is 15.0 Å². The van der Waals surface area contributed by atoms with Crippen molar-refractivity contribution < 1.29 is 9.53 Å². The molecule has 1 heterocycles. The minimum absolute atomic E-state index is 0.0725. The zero-order valence-corrected chi connectivity index (χ0v) is 20.3. The first-order valence-electron chi connectivity index (χ1n) is 12.7. The molecule has 5 rings (SSSR count). The number of anilines is 1. The second-order valence-electron chi connectivity index (χ2n) is 9.55. The molecule has 0 bridgehead atoms. The number of hydrogen-bond acceptors (Lipinski definition) is 4. The van der Waals surface area contributed by atoms with E-state index in [-0.39, 0.29) is 18.1 Å². The Kier molecular flexibility index (Phi) is 7.40. The third-order valence-corrected chi connectivity index (χ3v) is 7.05. The van der Waals surface area contributed by atoms with Gasteiger partial charge in [0.1, 0.15) is 12.1 Å². The number of aromatic amines is 1. The van der Waals surface area contributed by atoms with E-state index < -0.39 is 0 Å². The summed E-state index contributed by atoms with van der Waals surface area (Å²) >= 11 is 0. The smallest absolute Gasteiger partial charge is 0.255 e. The molecule has 1 aromatic heterocycles. The van der Waals surface area contributed by atoms with Crippen LogP contribution in [0.1, 0.15) is 67.0 Å². The van der Waals surface area contributed by atoms with Crippen LogP contribution in [0.4, 0.5) is 5.69 Å². The molecular weight excluding hydrogens is 436 g/mol. The molecule has 2 aliphatic rings. The summed E-state index contributed by atoms with van der Waals surface area (Å²) in [6, 6.07) is 15.6. The first kappa shape index (κ1) is 23.5. The molecule has 1 fully saturated rings. The van der Waals surface area contributed by atoms with E-state index in [1.54, 1.807) is 7.11 Å². The van der Waals surface area contributed by atoms with E-state index in [9.17, 15) is 4.79 Å². The number of hydrogen-bond donors (Lipinski definition) is 3. The van der Waals surface area contributed by atoms with E-state index in [4.69, 9.17) is 9.72 Å². The van der Waals surface area contributed by atoms with Crippen LogP contribution in [0.5, 0.6) is 0 Å². The predicted molar refractivity (Wildman–Crippen MR) is 140 cm³/mol. The van der Waals surface area contributed by atoms with Gasteiger partial charge in [0.25, 0.3) is 5.91 Å². The molecule has 3 aromatic rings. The van der Waals surface area contributed by atoms with E-state index in [1.165, 1.54) is 44.1 Å². The minimum atomic E-state index is -0.133. The average molecular weight is 471 g/mol. The fourth-order valence-electron chi connectivity index (χ4n) is 5.07. The van der Waals surface area contributed by atoms with E-state index in [1.807, 2.05) is 48.5 Å². The van der Waals surface area contributed by atoms with Crippen molar-refractivity contribution in [2.75, 3.05) is 12.4 Å². The molecule has 3 N–H and O–H groups in total. The Labute approximate surface area is 206 Å². The molecule has 1 amide bonds. The highest BCUT2D eigenvalue weighted by atomic mass is 16.5. The average Bonchev–Trinajstić information content (AvgIpc) is 3.16. The SMILES string of the molecule is COC(NC1CCCCCC1)C1=CCC(c2nc3ccc(C(=O)Nc4ccccc4)cc3[nH]2)C=C1. The summed E-state index contributed by atoms with van der Waals surface area (Å²) in [6.45, 7) is 0. The third kappa shape index (κ3) is 5.72. The van der Waals surface area contributed by atoms with Crippen LogP contribution in [0, 0.1) is 0 Å². The van der Waals surface area contributed by atoms with Gasteiger partial charge in [0.2, 0.25) is 0 Å². The number of rotatable bonds is 7. The normalized spacial score (nSPS) is 19.8. The Bertz CT molecular complexity index is 1210. The molecule has 0 saturated heterocycles.